The summed E-state index contributed by atoms with van der Waals surface area (Å²) in [4.78, 5) is 17.8. The molecular formula is C27H29BrN2O. The molecule has 0 bridgehead atoms. The minimum atomic E-state index is -0.0517. The molecule has 1 fully saturated rings. The molecule has 0 aliphatic carbocycles. The fourth-order valence-corrected chi connectivity index (χ4v) is 4.82. The molecule has 0 saturated carbocycles. The quantitative estimate of drug-likeness (QED) is 0.443. The summed E-state index contributed by atoms with van der Waals surface area (Å²) in [5, 5.41) is 0. The number of hydrogen-bond acceptors (Lipinski definition) is 2. The average Bonchev–Trinajstić information content (AvgIpc) is 2.83. The normalized spacial score (nSPS) is 16.6. The zero-order chi connectivity index (χ0) is 21.6. The van der Waals surface area contributed by atoms with Crippen LogP contribution in [-0.4, -0.2) is 41.9 Å². The highest BCUT2D eigenvalue weighted by Gasteiger charge is 2.31. The second-order valence-corrected chi connectivity index (χ2v) is 9.01. The van der Waals surface area contributed by atoms with Crippen LogP contribution in [-0.2, 0) is 4.79 Å². The summed E-state index contributed by atoms with van der Waals surface area (Å²) < 4.78 is 1.09. The summed E-state index contributed by atoms with van der Waals surface area (Å²) in [5.74, 6) is 0.206. The Balaban J connectivity index is 1.50. The maximum absolute atomic E-state index is 13.3. The lowest BCUT2D eigenvalue weighted by molar-refractivity contribution is -0.134. The van der Waals surface area contributed by atoms with Crippen LogP contribution in [0.15, 0.2) is 89.4 Å². The summed E-state index contributed by atoms with van der Waals surface area (Å²) in [5.41, 5.74) is 3.69. The zero-order valence-electron chi connectivity index (χ0n) is 18.0. The summed E-state index contributed by atoms with van der Waals surface area (Å²) in [6.07, 6.45) is 0.828. The lowest BCUT2D eigenvalue weighted by Gasteiger charge is -2.40. The highest BCUT2D eigenvalue weighted by Crippen LogP contribution is 2.31. The molecular weight excluding hydrogens is 448 g/mol. The van der Waals surface area contributed by atoms with Gasteiger partial charge in [0.1, 0.15) is 0 Å². The number of nitrogens with zero attached hydrogens (tertiary/aromatic N) is 2. The van der Waals surface area contributed by atoms with Gasteiger partial charge in [0.15, 0.2) is 0 Å². The minimum Gasteiger partial charge on any atom is -0.340 e. The van der Waals surface area contributed by atoms with Gasteiger partial charge in [0.25, 0.3) is 0 Å². The van der Waals surface area contributed by atoms with Crippen LogP contribution in [0, 0.1) is 0 Å². The smallest absolute Gasteiger partial charge is 0.230 e. The number of carbonyl (C=O) groups is 1. The molecule has 0 N–H and O–H groups in total. The van der Waals surface area contributed by atoms with Gasteiger partial charge in [-0.25, -0.2) is 0 Å². The predicted octanol–water partition coefficient (Wildman–Crippen LogP) is 5.88. The SMILES string of the molecule is CC[C@@H](C(=O)N1CCN([C@H](c2ccccc2)c2ccc(Br)cc2)CC1)c1ccccc1. The third kappa shape index (κ3) is 5.08. The Kier molecular flexibility index (Phi) is 7.21. The van der Waals surface area contributed by atoms with Crippen LogP contribution in [0.25, 0.3) is 0 Å². The van der Waals surface area contributed by atoms with E-state index in [0.717, 1.165) is 42.6 Å². The largest absolute Gasteiger partial charge is 0.340 e. The van der Waals surface area contributed by atoms with E-state index in [-0.39, 0.29) is 17.9 Å². The topological polar surface area (TPSA) is 23.6 Å². The number of rotatable bonds is 6. The van der Waals surface area contributed by atoms with Crippen molar-refractivity contribution in [3.63, 3.8) is 0 Å². The van der Waals surface area contributed by atoms with E-state index in [4.69, 9.17) is 0 Å². The molecule has 1 aliphatic rings. The standard InChI is InChI=1S/C27H29BrN2O/c1-2-25(21-9-5-3-6-10-21)27(31)30-19-17-29(18-20-30)26(22-11-7-4-8-12-22)23-13-15-24(28)16-14-23/h3-16,25-26H,2,17-20H2,1H3/t25-,26-/m1/s1. The number of hydrogen-bond donors (Lipinski definition) is 0. The number of amides is 1. The molecule has 2 atom stereocenters. The van der Waals surface area contributed by atoms with E-state index < -0.39 is 0 Å². The van der Waals surface area contributed by atoms with Crippen LogP contribution in [0.1, 0.15) is 42.0 Å². The third-order valence-corrected chi connectivity index (χ3v) is 6.73. The van der Waals surface area contributed by atoms with Crippen LogP contribution in [0.2, 0.25) is 0 Å². The van der Waals surface area contributed by atoms with Crippen molar-refractivity contribution in [2.45, 2.75) is 25.3 Å². The Morgan fingerprint density at radius 1 is 0.774 bits per heavy atom. The third-order valence-electron chi connectivity index (χ3n) is 6.20. The van der Waals surface area contributed by atoms with Crippen molar-refractivity contribution in [1.29, 1.82) is 0 Å². The van der Waals surface area contributed by atoms with Crippen molar-refractivity contribution < 1.29 is 4.79 Å². The number of benzene rings is 3. The molecule has 0 spiro atoms. The Bertz CT molecular complexity index is 967. The molecule has 4 heteroatoms. The molecule has 3 aromatic carbocycles. The van der Waals surface area contributed by atoms with Crippen molar-refractivity contribution in [1.82, 2.24) is 9.80 Å². The van der Waals surface area contributed by atoms with Crippen LogP contribution < -0.4 is 0 Å². The van der Waals surface area contributed by atoms with Crippen molar-refractivity contribution in [2.75, 3.05) is 26.2 Å². The maximum Gasteiger partial charge on any atom is 0.230 e. The van der Waals surface area contributed by atoms with E-state index in [1.807, 2.05) is 18.2 Å². The van der Waals surface area contributed by atoms with E-state index in [0.29, 0.717) is 0 Å². The lowest BCUT2D eigenvalue weighted by Crippen LogP contribution is -2.51. The van der Waals surface area contributed by atoms with Crippen LogP contribution >= 0.6 is 15.9 Å². The molecule has 160 valence electrons. The van der Waals surface area contributed by atoms with Gasteiger partial charge in [-0.3, -0.25) is 9.69 Å². The van der Waals surface area contributed by atoms with Gasteiger partial charge in [0.05, 0.1) is 12.0 Å². The molecule has 3 nitrogen and oxygen atoms in total. The molecule has 1 heterocycles. The molecule has 31 heavy (non-hydrogen) atoms. The van der Waals surface area contributed by atoms with Crippen molar-refractivity contribution >= 4 is 21.8 Å². The zero-order valence-corrected chi connectivity index (χ0v) is 19.5. The Labute approximate surface area is 193 Å². The van der Waals surface area contributed by atoms with Gasteiger partial charge in [0.2, 0.25) is 5.91 Å². The summed E-state index contributed by atoms with van der Waals surface area (Å²) >= 11 is 3.55. The molecule has 1 amide bonds. The second kappa shape index (κ2) is 10.3. The van der Waals surface area contributed by atoms with Crippen LogP contribution in [0.5, 0.6) is 0 Å². The predicted molar refractivity (Wildman–Crippen MR) is 130 cm³/mol. The fraction of sp³-hybridized carbons (Fsp3) is 0.296. The molecule has 4 rings (SSSR count). The lowest BCUT2D eigenvalue weighted by atomic mass is 9.94. The van der Waals surface area contributed by atoms with Crippen molar-refractivity contribution in [3.8, 4) is 0 Å². The minimum absolute atomic E-state index is 0.0517. The van der Waals surface area contributed by atoms with Crippen molar-refractivity contribution in [2.24, 2.45) is 0 Å². The summed E-state index contributed by atoms with van der Waals surface area (Å²) in [6, 6.07) is 29.7. The summed E-state index contributed by atoms with van der Waals surface area (Å²) in [7, 11) is 0. The van der Waals surface area contributed by atoms with Crippen LogP contribution in [0.4, 0.5) is 0 Å². The average molecular weight is 477 g/mol. The van der Waals surface area contributed by atoms with Crippen molar-refractivity contribution in [3.05, 3.63) is 106 Å². The van der Waals surface area contributed by atoms with E-state index in [2.05, 4.69) is 99.4 Å². The van der Waals surface area contributed by atoms with E-state index in [1.54, 1.807) is 0 Å². The van der Waals surface area contributed by atoms with Crippen LogP contribution in [0.3, 0.4) is 0 Å². The van der Waals surface area contributed by atoms with Gasteiger partial charge in [-0.15, -0.1) is 0 Å². The Hall–Kier alpha value is -2.43. The second-order valence-electron chi connectivity index (χ2n) is 8.10. The first kappa shape index (κ1) is 21.8. The van der Waals surface area contributed by atoms with Gasteiger partial charge in [0, 0.05) is 30.7 Å². The molecule has 0 radical (unpaired) electrons. The molecule has 1 aliphatic heterocycles. The number of halogens is 1. The molecule has 0 aromatic heterocycles. The maximum atomic E-state index is 13.3. The monoisotopic (exact) mass is 476 g/mol. The van der Waals surface area contributed by atoms with E-state index in [1.165, 1.54) is 11.1 Å². The van der Waals surface area contributed by atoms with Gasteiger partial charge >= 0.3 is 0 Å². The highest BCUT2D eigenvalue weighted by atomic mass is 79.9. The van der Waals surface area contributed by atoms with Gasteiger partial charge in [-0.05, 0) is 35.2 Å². The first-order valence-electron chi connectivity index (χ1n) is 11.1. The summed E-state index contributed by atoms with van der Waals surface area (Å²) in [6.45, 7) is 5.37. The van der Waals surface area contributed by atoms with E-state index >= 15 is 0 Å². The molecule has 1 saturated heterocycles. The van der Waals surface area contributed by atoms with Gasteiger partial charge in [-0.1, -0.05) is 95.7 Å². The molecule has 0 unspecified atom stereocenters. The highest BCUT2D eigenvalue weighted by molar-refractivity contribution is 9.10. The first-order chi connectivity index (χ1) is 15.2. The number of piperazine rings is 1. The Morgan fingerprint density at radius 3 is 1.84 bits per heavy atom. The molecule has 3 aromatic rings. The first-order valence-corrected chi connectivity index (χ1v) is 11.8. The van der Waals surface area contributed by atoms with Gasteiger partial charge < -0.3 is 4.90 Å². The van der Waals surface area contributed by atoms with Gasteiger partial charge in [-0.2, -0.15) is 0 Å². The van der Waals surface area contributed by atoms with E-state index in [9.17, 15) is 4.79 Å². The fourth-order valence-electron chi connectivity index (χ4n) is 4.55. The number of carbonyl (C=O) groups excluding carboxylic acids is 1. The Morgan fingerprint density at radius 2 is 1.29 bits per heavy atom.